The molecule has 2 aliphatic rings. The van der Waals surface area contributed by atoms with E-state index >= 15 is 0 Å². The van der Waals surface area contributed by atoms with E-state index < -0.39 is 12.1 Å². The van der Waals surface area contributed by atoms with Crippen LogP contribution in [0.2, 0.25) is 0 Å². The molecular weight excluding hydrogens is 298 g/mol. The average Bonchev–Trinajstić information content (AvgIpc) is 2.98. The smallest absolute Gasteiger partial charge is 0.410 e. The summed E-state index contributed by atoms with van der Waals surface area (Å²) < 4.78 is 10.7. The zero-order valence-corrected chi connectivity index (χ0v) is 12.9. The van der Waals surface area contributed by atoms with Crippen LogP contribution in [-0.2, 0) is 20.9 Å². The summed E-state index contributed by atoms with van der Waals surface area (Å²) in [6, 6.07) is 9.57. The SMILES string of the molecule is O=C(O)C1CC2(CCN(C(=O)OCc3ccccc3)CC2)CO1. The van der Waals surface area contributed by atoms with E-state index in [1.54, 1.807) is 4.90 Å². The summed E-state index contributed by atoms with van der Waals surface area (Å²) in [5.41, 5.74) is 0.863. The Hall–Kier alpha value is -2.08. The number of carboxylic acid groups (broad SMARTS) is 1. The molecule has 124 valence electrons. The van der Waals surface area contributed by atoms with Crippen LogP contribution in [0.4, 0.5) is 4.79 Å². The third kappa shape index (κ3) is 3.64. The molecule has 2 fully saturated rings. The molecule has 1 unspecified atom stereocenters. The maximum atomic E-state index is 12.1. The highest BCUT2D eigenvalue weighted by molar-refractivity contribution is 5.72. The van der Waals surface area contributed by atoms with Crippen LogP contribution in [-0.4, -0.2) is 47.9 Å². The second-order valence-corrected chi connectivity index (χ2v) is 6.37. The lowest BCUT2D eigenvalue weighted by Crippen LogP contribution is -2.43. The molecule has 23 heavy (non-hydrogen) atoms. The average molecular weight is 319 g/mol. The van der Waals surface area contributed by atoms with Crippen LogP contribution in [0.1, 0.15) is 24.8 Å². The monoisotopic (exact) mass is 319 g/mol. The van der Waals surface area contributed by atoms with E-state index in [2.05, 4.69) is 0 Å². The number of ether oxygens (including phenoxy) is 2. The number of carbonyl (C=O) groups excluding carboxylic acids is 1. The fraction of sp³-hybridized carbons (Fsp3) is 0.529. The van der Waals surface area contributed by atoms with Crippen molar-refractivity contribution in [2.24, 2.45) is 5.41 Å². The molecule has 1 aromatic rings. The van der Waals surface area contributed by atoms with Gasteiger partial charge in [0.15, 0.2) is 6.10 Å². The number of amides is 1. The van der Waals surface area contributed by atoms with E-state index in [1.807, 2.05) is 30.3 Å². The molecule has 1 aromatic carbocycles. The molecule has 0 aromatic heterocycles. The van der Waals surface area contributed by atoms with Crippen LogP contribution in [0.5, 0.6) is 0 Å². The fourth-order valence-electron chi connectivity index (χ4n) is 3.27. The van der Waals surface area contributed by atoms with E-state index in [0.717, 1.165) is 18.4 Å². The van der Waals surface area contributed by atoms with Crippen molar-refractivity contribution in [3.05, 3.63) is 35.9 Å². The highest BCUT2D eigenvalue weighted by Gasteiger charge is 2.45. The predicted molar refractivity (Wildman–Crippen MR) is 81.9 cm³/mol. The summed E-state index contributed by atoms with van der Waals surface area (Å²) in [5.74, 6) is -0.897. The zero-order chi connectivity index (χ0) is 16.3. The van der Waals surface area contributed by atoms with Crippen LogP contribution in [0, 0.1) is 5.41 Å². The second kappa shape index (κ2) is 6.58. The van der Waals surface area contributed by atoms with Gasteiger partial charge in [-0.3, -0.25) is 0 Å². The normalized spacial score (nSPS) is 23.0. The number of aliphatic carboxylic acids is 1. The first-order chi connectivity index (χ1) is 11.1. The summed E-state index contributed by atoms with van der Waals surface area (Å²) in [5, 5.41) is 9.04. The Labute approximate surface area is 135 Å². The minimum atomic E-state index is -0.897. The molecule has 2 saturated heterocycles. The fourth-order valence-corrected chi connectivity index (χ4v) is 3.27. The van der Waals surface area contributed by atoms with Gasteiger partial charge in [-0.05, 0) is 24.8 Å². The Morgan fingerprint density at radius 2 is 1.96 bits per heavy atom. The lowest BCUT2D eigenvalue weighted by atomic mass is 9.77. The Morgan fingerprint density at radius 3 is 2.57 bits per heavy atom. The lowest BCUT2D eigenvalue weighted by Gasteiger charge is -2.37. The number of carboxylic acids is 1. The van der Waals surface area contributed by atoms with Gasteiger partial charge in [-0.25, -0.2) is 9.59 Å². The van der Waals surface area contributed by atoms with E-state index in [4.69, 9.17) is 14.6 Å². The number of rotatable bonds is 3. The van der Waals surface area contributed by atoms with Gasteiger partial charge in [0, 0.05) is 18.5 Å². The highest BCUT2D eigenvalue weighted by Crippen LogP contribution is 2.42. The third-order valence-electron chi connectivity index (χ3n) is 4.77. The number of carbonyl (C=O) groups is 2. The number of piperidine rings is 1. The third-order valence-corrected chi connectivity index (χ3v) is 4.77. The molecule has 2 heterocycles. The van der Waals surface area contributed by atoms with Gasteiger partial charge < -0.3 is 19.5 Å². The van der Waals surface area contributed by atoms with Crippen LogP contribution < -0.4 is 0 Å². The molecule has 0 bridgehead atoms. The summed E-state index contributed by atoms with van der Waals surface area (Å²) in [6.45, 7) is 1.91. The molecule has 3 rings (SSSR count). The van der Waals surface area contributed by atoms with Crippen molar-refractivity contribution in [3.63, 3.8) is 0 Å². The van der Waals surface area contributed by atoms with Crippen molar-refractivity contribution in [1.82, 2.24) is 4.90 Å². The van der Waals surface area contributed by atoms with Crippen molar-refractivity contribution >= 4 is 12.1 Å². The minimum absolute atomic E-state index is 0.0979. The predicted octanol–water partition coefficient (Wildman–Crippen LogP) is 2.28. The van der Waals surface area contributed by atoms with Gasteiger partial charge in [0.25, 0.3) is 0 Å². The summed E-state index contributed by atoms with van der Waals surface area (Å²) in [4.78, 5) is 24.8. The van der Waals surface area contributed by atoms with Gasteiger partial charge in [-0.2, -0.15) is 0 Å². The van der Waals surface area contributed by atoms with Crippen molar-refractivity contribution < 1.29 is 24.2 Å². The Morgan fingerprint density at radius 1 is 1.26 bits per heavy atom. The zero-order valence-electron chi connectivity index (χ0n) is 12.9. The lowest BCUT2D eigenvalue weighted by molar-refractivity contribution is -0.147. The van der Waals surface area contributed by atoms with E-state index in [-0.39, 0.29) is 18.1 Å². The minimum Gasteiger partial charge on any atom is -0.479 e. The maximum absolute atomic E-state index is 12.1. The van der Waals surface area contributed by atoms with Gasteiger partial charge in [0.2, 0.25) is 0 Å². The van der Waals surface area contributed by atoms with Crippen LogP contribution in [0.25, 0.3) is 0 Å². The van der Waals surface area contributed by atoms with Crippen LogP contribution in [0.3, 0.4) is 0 Å². The number of likely N-dealkylation sites (tertiary alicyclic amines) is 1. The van der Waals surface area contributed by atoms with E-state index in [1.165, 1.54) is 0 Å². The maximum Gasteiger partial charge on any atom is 0.410 e. The molecule has 2 aliphatic heterocycles. The standard InChI is InChI=1S/C17H21NO5/c19-15(20)14-10-17(12-23-14)6-8-18(9-7-17)16(21)22-11-13-4-2-1-3-5-13/h1-5,14H,6-12H2,(H,19,20). The first-order valence-electron chi connectivity index (χ1n) is 7.88. The van der Waals surface area contributed by atoms with Gasteiger partial charge in [-0.15, -0.1) is 0 Å². The quantitative estimate of drug-likeness (QED) is 0.925. The highest BCUT2D eigenvalue weighted by atomic mass is 16.6. The van der Waals surface area contributed by atoms with Gasteiger partial charge in [0.1, 0.15) is 6.61 Å². The number of hydrogen-bond donors (Lipinski definition) is 1. The van der Waals surface area contributed by atoms with Gasteiger partial charge >= 0.3 is 12.1 Å². The molecule has 0 aliphatic carbocycles. The van der Waals surface area contributed by atoms with Crippen molar-refractivity contribution in [2.45, 2.75) is 32.0 Å². The largest absolute Gasteiger partial charge is 0.479 e. The van der Waals surface area contributed by atoms with Crippen LogP contribution in [0.15, 0.2) is 30.3 Å². The molecular formula is C17H21NO5. The van der Waals surface area contributed by atoms with Gasteiger partial charge in [0.05, 0.1) is 6.61 Å². The van der Waals surface area contributed by atoms with E-state index in [9.17, 15) is 9.59 Å². The first-order valence-corrected chi connectivity index (χ1v) is 7.88. The van der Waals surface area contributed by atoms with Crippen molar-refractivity contribution in [1.29, 1.82) is 0 Å². The molecule has 0 radical (unpaired) electrons. The van der Waals surface area contributed by atoms with Crippen LogP contribution >= 0.6 is 0 Å². The topological polar surface area (TPSA) is 76.1 Å². The molecule has 6 heteroatoms. The number of benzene rings is 1. The molecule has 0 saturated carbocycles. The second-order valence-electron chi connectivity index (χ2n) is 6.37. The van der Waals surface area contributed by atoms with Gasteiger partial charge in [-0.1, -0.05) is 30.3 Å². The molecule has 6 nitrogen and oxygen atoms in total. The summed E-state index contributed by atoms with van der Waals surface area (Å²) in [6.07, 6.45) is 1.05. The van der Waals surface area contributed by atoms with E-state index in [0.29, 0.717) is 26.1 Å². The Bertz CT molecular complexity index is 566. The molecule has 1 amide bonds. The number of nitrogens with zero attached hydrogens (tertiary/aromatic N) is 1. The first kappa shape index (κ1) is 15.8. The molecule has 1 spiro atoms. The summed E-state index contributed by atoms with van der Waals surface area (Å²) >= 11 is 0. The van der Waals surface area contributed by atoms with Crippen molar-refractivity contribution in [3.8, 4) is 0 Å². The molecule has 1 atom stereocenters. The van der Waals surface area contributed by atoms with Crippen molar-refractivity contribution in [2.75, 3.05) is 19.7 Å². The Balaban J connectivity index is 1.47. The summed E-state index contributed by atoms with van der Waals surface area (Å²) in [7, 11) is 0. The molecule has 1 N–H and O–H groups in total. The number of hydrogen-bond acceptors (Lipinski definition) is 4. The Kier molecular flexibility index (Phi) is 4.52.